The third kappa shape index (κ3) is 1.69. The maximum Gasteiger partial charge on any atom is 0.236 e. The molecule has 18 heavy (non-hydrogen) atoms. The fourth-order valence-corrected chi connectivity index (χ4v) is 3.98. The molecule has 2 unspecified atom stereocenters. The van der Waals surface area contributed by atoms with Crippen LogP contribution < -0.4 is 5.32 Å². The maximum atomic E-state index is 12.7. The van der Waals surface area contributed by atoms with Crippen molar-refractivity contribution < 1.29 is 9.59 Å². The van der Waals surface area contributed by atoms with Crippen LogP contribution in [0.2, 0.25) is 0 Å². The third-order valence-electron chi connectivity index (χ3n) is 5.04. The Morgan fingerprint density at radius 3 is 2.61 bits per heavy atom. The molecule has 4 nitrogen and oxygen atoms in total. The van der Waals surface area contributed by atoms with E-state index in [9.17, 15) is 9.59 Å². The smallest absolute Gasteiger partial charge is 0.236 e. The molecule has 2 saturated heterocycles. The molecule has 1 N–H and O–H groups in total. The Labute approximate surface area is 108 Å². The quantitative estimate of drug-likeness (QED) is 0.717. The number of hydrogen-bond acceptors (Lipinski definition) is 3. The van der Waals surface area contributed by atoms with Crippen molar-refractivity contribution in [3.05, 3.63) is 0 Å². The zero-order chi connectivity index (χ0) is 12.8. The van der Waals surface area contributed by atoms with Gasteiger partial charge < -0.3 is 5.32 Å². The molecule has 0 bridgehead atoms. The first-order valence-corrected chi connectivity index (χ1v) is 7.24. The number of piperidine rings is 1. The zero-order valence-corrected chi connectivity index (χ0v) is 11.1. The van der Waals surface area contributed by atoms with Crippen molar-refractivity contribution in [1.82, 2.24) is 10.2 Å². The lowest BCUT2D eigenvalue weighted by molar-refractivity contribution is -0.145. The molecule has 3 fully saturated rings. The fourth-order valence-electron chi connectivity index (χ4n) is 3.98. The van der Waals surface area contributed by atoms with Gasteiger partial charge in [-0.15, -0.1) is 0 Å². The van der Waals surface area contributed by atoms with Crippen molar-refractivity contribution in [1.29, 1.82) is 0 Å². The lowest BCUT2D eigenvalue weighted by Gasteiger charge is -2.36. The lowest BCUT2D eigenvalue weighted by atomic mass is 9.84. The van der Waals surface area contributed by atoms with E-state index < -0.39 is 0 Å². The Kier molecular flexibility index (Phi) is 2.93. The van der Waals surface area contributed by atoms with Crippen LogP contribution in [0.5, 0.6) is 0 Å². The summed E-state index contributed by atoms with van der Waals surface area (Å²) >= 11 is 0. The molecule has 100 valence electrons. The number of likely N-dealkylation sites (tertiary alicyclic amines) is 1. The molecule has 1 aliphatic carbocycles. The van der Waals surface area contributed by atoms with E-state index >= 15 is 0 Å². The molecule has 1 spiro atoms. The van der Waals surface area contributed by atoms with Gasteiger partial charge in [0.15, 0.2) is 0 Å². The van der Waals surface area contributed by atoms with Crippen molar-refractivity contribution in [3.63, 3.8) is 0 Å². The minimum atomic E-state index is -0.311. The van der Waals surface area contributed by atoms with Crippen LogP contribution in [-0.2, 0) is 9.59 Å². The van der Waals surface area contributed by atoms with Gasteiger partial charge in [0.1, 0.15) is 0 Å². The predicted octanol–water partition coefficient (Wildman–Crippen LogP) is 1.45. The number of carbonyl (C=O) groups excluding carboxylic acids is 2. The van der Waals surface area contributed by atoms with E-state index in [1.165, 1.54) is 0 Å². The van der Waals surface area contributed by atoms with Gasteiger partial charge >= 0.3 is 0 Å². The molecule has 0 aromatic rings. The highest BCUT2D eigenvalue weighted by Gasteiger charge is 2.54. The number of nitrogens with zero attached hydrogens (tertiary/aromatic N) is 1. The second-order valence-corrected chi connectivity index (χ2v) is 6.19. The molecule has 2 heterocycles. The van der Waals surface area contributed by atoms with Crippen LogP contribution in [0.15, 0.2) is 0 Å². The fraction of sp³-hybridized carbons (Fsp3) is 0.857. The average Bonchev–Trinajstić information content (AvgIpc) is 2.89. The minimum Gasteiger partial charge on any atom is -0.312 e. The highest BCUT2D eigenvalue weighted by Crippen LogP contribution is 2.47. The summed E-state index contributed by atoms with van der Waals surface area (Å²) in [6.07, 6.45) is 6.53. The Morgan fingerprint density at radius 1 is 1.22 bits per heavy atom. The first kappa shape index (κ1) is 12.2. The summed E-state index contributed by atoms with van der Waals surface area (Å²) in [6.45, 7) is 3.09. The number of hydrogen-bond donors (Lipinski definition) is 1. The number of amides is 2. The van der Waals surface area contributed by atoms with Crippen molar-refractivity contribution >= 4 is 11.8 Å². The van der Waals surface area contributed by atoms with Crippen LogP contribution in [-0.4, -0.2) is 35.3 Å². The first-order valence-electron chi connectivity index (χ1n) is 7.24. The van der Waals surface area contributed by atoms with Gasteiger partial charge in [-0.2, -0.15) is 0 Å². The molecule has 1 saturated carbocycles. The molecular formula is C14H22N2O2. The summed E-state index contributed by atoms with van der Waals surface area (Å²) in [6, 6.07) is 0.321. The summed E-state index contributed by atoms with van der Waals surface area (Å²) < 4.78 is 0. The largest absolute Gasteiger partial charge is 0.312 e. The van der Waals surface area contributed by atoms with E-state index in [1.807, 2.05) is 0 Å². The van der Waals surface area contributed by atoms with E-state index in [4.69, 9.17) is 0 Å². The lowest BCUT2D eigenvalue weighted by Crippen LogP contribution is -2.54. The van der Waals surface area contributed by atoms with Gasteiger partial charge in [0, 0.05) is 12.5 Å². The Hall–Kier alpha value is -0.900. The van der Waals surface area contributed by atoms with E-state index in [-0.39, 0.29) is 29.3 Å². The molecule has 2 aliphatic heterocycles. The van der Waals surface area contributed by atoms with Crippen LogP contribution in [0, 0.1) is 5.41 Å². The van der Waals surface area contributed by atoms with Crippen LogP contribution in [0.4, 0.5) is 0 Å². The number of carbonyl (C=O) groups is 2. The molecule has 4 heteroatoms. The number of nitrogens with one attached hydrogen (secondary N) is 1. The second kappa shape index (κ2) is 4.34. The summed E-state index contributed by atoms with van der Waals surface area (Å²) in [7, 11) is 0. The van der Waals surface area contributed by atoms with Gasteiger partial charge in [0.2, 0.25) is 11.8 Å². The van der Waals surface area contributed by atoms with Crippen molar-refractivity contribution in [3.8, 4) is 0 Å². The summed E-state index contributed by atoms with van der Waals surface area (Å²) in [5.41, 5.74) is -0.311. The van der Waals surface area contributed by atoms with Gasteiger partial charge in [-0.25, -0.2) is 0 Å². The normalized spacial score (nSPS) is 35.7. The van der Waals surface area contributed by atoms with Gasteiger partial charge in [-0.3, -0.25) is 14.5 Å². The number of imide groups is 1. The Bertz CT molecular complexity index is 374. The van der Waals surface area contributed by atoms with Crippen LogP contribution in [0.1, 0.15) is 51.9 Å². The van der Waals surface area contributed by atoms with Crippen molar-refractivity contribution in [2.45, 2.75) is 64.0 Å². The number of rotatable bonds is 1. The van der Waals surface area contributed by atoms with Crippen LogP contribution in [0.25, 0.3) is 0 Å². The molecule has 0 aromatic carbocycles. The molecular weight excluding hydrogens is 228 g/mol. The van der Waals surface area contributed by atoms with Gasteiger partial charge in [-0.1, -0.05) is 12.8 Å². The van der Waals surface area contributed by atoms with Gasteiger partial charge in [0.25, 0.3) is 0 Å². The Morgan fingerprint density at radius 2 is 1.94 bits per heavy atom. The summed E-state index contributed by atoms with van der Waals surface area (Å²) in [4.78, 5) is 26.5. The molecule has 2 atom stereocenters. The van der Waals surface area contributed by atoms with Crippen LogP contribution >= 0.6 is 0 Å². The Balaban J connectivity index is 1.84. The topological polar surface area (TPSA) is 49.4 Å². The van der Waals surface area contributed by atoms with Gasteiger partial charge in [0.05, 0.1) is 11.5 Å². The van der Waals surface area contributed by atoms with E-state index in [0.29, 0.717) is 6.42 Å². The molecule has 0 aromatic heterocycles. The predicted molar refractivity (Wildman–Crippen MR) is 67.9 cm³/mol. The SMILES string of the molecule is CC1NCCCC1N1C(=O)CC2(CCCC2)C1=O. The standard InChI is InChI=1S/C14H22N2O2/c1-10-11(5-4-8-15-10)16-12(17)9-14(13(16)18)6-2-3-7-14/h10-11,15H,2-9H2,1H3. The third-order valence-corrected chi connectivity index (χ3v) is 5.04. The van der Waals surface area contributed by atoms with Crippen LogP contribution in [0.3, 0.4) is 0 Å². The summed E-state index contributed by atoms with van der Waals surface area (Å²) in [5, 5.41) is 3.38. The highest BCUT2D eigenvalue weighted by atomic mass is 16.2. The molecule has 3 aliphatic rings. The molecule has 2 amide bonds. The monoisotopic (exact) mass is 250 g/mol. The second-order valence-electron chi connectivity index (χ2n) is 6.19. The average molecular weight is 250 g/mol. The minimum absolute atomic E-state index is 0.0717. The summed E-state index contributed by atoms with van der Waals surface area (Å²) in [5.74, 6) is 0.202. The molecule has 0 radical (unpaired) electrons. The van der Waals surface area contributed by atoms with Crippen molar-refractivity contribution in [2.75, 3.05) is 6.54 Å². The maximum absolute atomic E-state index is 12.7. The highest BCUT2D eigenvalue weighted by molar-refractivity contribution is 6.06. The molecule has 3 rings (SSSR count). The van der Waals surface area contributed by atoms with Gasteiger partial charge in [-0.05, 0) is 39.2 Å². The van der Waals surface area contributed by atoms with E-state index in [2.05, 4.69) is 12.2 Å². The van der Waals surface area contributed by atoms with E-state index in [1.54, 1.807) is 4.90 Å². The van der Waals surface area contributed by atoms with E-state index in [0.717, 1.165) is 45.1 Å². The first-order chi connectivity index (χ1) is 8.64. The van der Waals surface area contributed by atoms with Crippen molar-refractivity contribution in [2.24, 2.45) is 5.41 Å². The zero-order valence-electron chi connectivity index (χ0n) is 11.1.